The number of aromatic amines is 1. The molecule has 1 aliphatic rings. The lowest BCUT2D eigenvalue weighted by atomic mass is 10.0. The molecule has 4 aromatic carbocycles. The number of methoxy groups -OCH3 is 1. The predicted molar refractivity (Wildman–Crippen MR) is 181 cm³/mol. The molecule has 0 radical (unpaired) electrons. The number of hydrogen-bond acceptors (Lipinski definition) is 9. The van der Waals surface area contributed by atoms with Gasteiger partial charge in [-0.25, -0.2) is 36.1 Å². The second kappa shape index (κ2) is 14.9. The van der Waals surface area contributed by atoms with Crippen molar-refractivity contribution in [3.63, 3.8) is 0 Å². The SMILES string of the molecule is COC(=O)c1ccc2nc([C@H](Cc3ccc(C4CC(=O)NS4(=O)=O)cc3)NS(=O)(=O)c3ccc(-c4ccccc4)cc3)[nH]c2c1.O=C(O)C(F)(F)F. The Kier molecular flexibility index (Phi) is 10.8. The van der Waals surface area contributed by atoms with E-state index in [0.29, 0.717) is 33.5 Å². The highest BCUT2D eigenvalue weighted by atomic mass is 32.2. The Balaban J connectivity index is 0.000000679. The topological polar surface area (TPSA) is 202 Å². The van der Waals surface area contributed by atoms with Crippen LogP contribution >= 0.6 is 0 Å². The first-order valence-corrected chi connectivity index (χ1v) is 18.2. The molecule has 13 nitrogen and oxygen atoms in total. The largest absolute Gasteiger partial charge is 0.490 e. The molecule has 1 unspecified atom stereocenters. The Hall–Kier alpha value is -5.59. The van der Waals surface area contributed by atoms with Gasteiger partial charge in [-0.3, -0.25) is 9.52 Å². The Morgan fingerprint density at radius 2 is 1.60 bits per heavy atom. The number of sulfonamides is 2. The average molecular weight is 759 g/mol. The summed E-state index contributed by atoms with van der Waals surface area (Å²) in [5, 5.41) is 6.13. The van der Waals surface area contributed by atoms with Gasteiger partial charge in [0.1, 0.15) is 11.1 Å². The number of carbonyl (C=O) groups excluding carboxylic acids is 2. The highest BCUT2D eigenvalue weighted by molar-refractivity contribution is 7.90. The minimum Gasteiger partial charge on any atom is -0.475 e. The lowest BCUT2D eigenvalue weighted by molar-refractivity contribution is -0.192. The zero-order chi connectivity index (χ0) is 37.8. The first kappa shape index (κ1) is 37.7. The van der Waals surface area contributed by atoms with Crippen LogP contribution in [0.25, 0.3) is 22.2 Å². The maximum absolute atomic E-state index is 13.7. The molecule has 5 aromatic rings. The van der Waals surface area contributed by atoms with Crippen molar-refractivity contribution in [2.24, 2.45) is 0 Å². The van der Waals surface area contributed by atoms with Crippen LogP contribution in [0, 0.1) is 0 Å². The van der Waals surface area contributed by atoms with Crippen molar-refractivity contribution in [1.29, 1.82) is 0 Å². The number of carboxylic acid groups (broad SMARTS) is 1. The van der Waals surface area contributed by atoms with Gasteiger partial charge >= 0.3 is 18.1 Å². The number of H-pyrrole nitrogens is 1. The summed E-state index contributed by atoms with van der Waals surface area (Å²) in [6, 6.07) is 26.7. The third-order valence-electron chi connectivity index (χ3n) is 7.86. The molecule has 1 fully saturated rings. The number of alkyl halides is 3. The molecule has 2 heterocycles. The Morgan fingerprint density at radius 1 is 0.981 bits per heavy atom. The molecule has 2 atom stereocenters. The van der Waals surface area contributed by atoms with Crippen molar-refractivity contribution in [2.75, 3.05) is 7.11 Å². The van der Waals surface area contributed by atoms with E-state index in [1.165, 1.54) is 19.2 Å². The van der Waals surface area contributed by atoms with Crippen molar-refractivity contribution in [2.45, 2.75) is 35.2 Å². The summed E-state index contributed by atoms with van der Waals surface area (Å²) in [5.74, 6) is -3.53. The monoisotopic (exact) mass is 758 g/mol. The van der Waals surface area contributed by atoms with Crippen LogP contribution in [-0.4, -0.2) is 63.0 Å². The smallest absolute Gasteiger partial charge is 0.475 e. The van der Waals surface area contributed by atoms with Crippen LogP contribution < -0.4 is 9.44 Å². The summed E-state index contributed by atoms with van der Waals surface area (Å²) >= 11 is 0. The third-order valence-corrected chi connectivity index (χ3v) is 11.0. The van der Waals surface area contributed by atoms with Gasteiger partial charge in [-0.05, 0) is 59.0 Å². The second-order valence-corrected chi connectivity index (χ2v) is 15.0. The number of benzene rings is 4. The number of halogens is 3. The summed E-state index contributed by atoms with van der Waals surface area (Å²) in [6.07, 6.45) is -5.10. The van der Waals surface area contributed by atoms with Crippen molar-refractivity contribution in [1.82, 2.24) is 19.4 Å². The zero-order valence-corrected chi connectivity index (χ0v) is 28.6. The van der Waals surface area contributed by atoms with Gasteiger partial charge in [0.2, 0.25) is 26.0 Å². The van der Waals surface area contributed by atoms with Gasteiger partial charge in [-0.2, -0.15) is 13.2 Å². The fourth-order valence-corrected chi connectivity index (χ4v) is 7.93. The van der Waals surface area contributed by atoms with Crippen LogP contribution in [0.1, 0.15) is 45.0 Å². The highest BCUT2D eigenvalue weighted by Crippen LogP contribution is 2.31. The van der Waals surface area contributed by atoms with Crippen LogP contribution in [0.3, 0.4) is 0 Å². The number of ether oxygens (including phenoxy) is 1. The van der Waals surface area contributed by atoms with E-state index < -0.39 is 55.4 Å². The number of nitrogens with one attached hydrogen (secondary N) is 3. The fraction of sp³-hybridized carbons (Fsp3) is 0.176. The Labute approximate surface area is 295 Å². The quantitative estimate of drug-likeness (QED) is 0.151. The number of amides is 1. The van der Waals surface area contributed by atoms with Crippen LogP contribution in [-0.2, 0) is 40.8 Å². The first-order valence-electron chi connectivity index (χ1n) is 15.2. The number of hydrogen-bond donors (Lipinski definition) is 4. The molecule has 52 heavy (non-hydrogen) atoms. The molecule has 0 saturated carbocycles. The van der Waals surface area contributed by atoms with Crippen molar-refractivity contribution >= 4 is 48.9 Å². The number of esters is 1. The molecule has 1 aliphatic heterocycles. The van der Waals surface area contributed by atoms with E-state index in [1.54, 1.807) is 54.6 Å². The van der Waals surface area contributed by atoms with Crippen molar-refractivity contribution in [3.8, 4) is 11.1 Å². The van der Waals surface area contributed by atoms with E-state index in [4.69, 9.17) is 14.6 Å². The molecule has 18 heteroatoms. The number of carbonyl (C=O) groups is 3. The number of aromatic nitrogens is 2. The van der Waals surface area contributed by atoms with Crippen LogP contribution in [0.4, 0.5) is 13.2 Å². The molecular formula is C34H29F3N4O9S2. The number of fused-ring (bicyclic) bond motifs is 1. The van der Waals surface area contributed by atoms with Gasteiger partial charge in [-0.1, -0.05) is 66.7 Å². The van der Waals surface area contributed by atoms with E-state index in [0.717, 1.165) is 11.1 Å². The molecule has 1 saturated heterocycles. The summed E-state index contributed by atoms with van der Waals surface area (Å²) in [5.41, 5.74) is 4.31. The molecule has 0 bridgehead atoms. The molecule has 0 spiro atoms. The minimum absolute atomic E-state index is 0.0650. The van der Waals surface area contributed by atoms with Gasteiger partial charge in [0.15, 0.2) is 0 Å². The van der Waals surface area contributed by atoms with Gasteiger partial charge < -0.3 is 14.8 Å². The van der Waals surface area contributed by atoms with E-state index in [1.807, 2.05) is 35.1 Å². The molecular weight excluding hydrogens is 730 g/mol. The Morgan fingerprint density at radius 3 is 2.15 bits per heavy atom. The normalized spacial score (nSPS) is 16.0. The molecule has 1 amide bonds. The van der Waals surface area contributed by atoms with Crippen LogP contribution in [0.2, 0.25) is 0 Å². The van der Waals surface area contributed by atoms with E-state index >= 15 is 0 Å². The average Bonchev–Trinajstić information content (AvgIpc) is 3.66. The van der Waals surface area contributed by atoms with E-state index in [9.17, 15) is 39.6 Å². The summed E-state index contributed by atoms with van der Waals surface area (Å²) in [4.78, 5) is 40.5. The predicted octanol–water partition coefficient (Wildman–Crippen LogP) is 4.80. The molecule has 6 rings (SSSR count). The summed E-state index contributed by atoms with van der Waals surface area (Å²) in [6.45, 7) is 0. The highest BCUT2D eigenvalue weighted by Gasteiger charge is 2.39. The van der Waals surface area contributed by atoms with Crippen molar-refractivity contribution in [3.05, 3.63) is 120 Å². The number of aliphatic carboxylic acids is 1. The lowest BCUT2D eigenvalue weighted by Gasteiger charge is -2.18. The summed E-state index contributed by atoms with van der Waals surface area (Å²) in [7, 11) is -6.57. The fourth-order valence-electron chi connectivity index (χ4n) is 5.30. The number of rotatable bonds is 9. The van der Waals surface area contributed by atoms with Gasteiger partial charge in [-0.15, -0.1) is 0 Å². The number of carboxylic acids is 1. The Bertz CT molecular complexity index is 2330. The maximum atomic E-state index is 13.7. The first-order chi connectivity index (χ1) is 24.5. The van der Waals surface area contributed by atoms with Crippen LogP contribution in [0.5, 0.6) is 0 Å². The number of imidazole rings is 1. The number of nitrogens with zero attached hydrogens (tertiary/aromatic N) is 1. The summed E-state index contributed by atoms with van der Waals surface area (Å²) < 4.78 is 93.3. The zero-order valence-electron chi connectivity index (χ0n) is 26.9. The third kappa shape index (κ3) is 8.82. The lowest BCUT2D eigenvalue weighted by Crippen LogP contribution is -2.31. The van der Waals surface area contributed by atoms with Gasteiger partial charge in [0.05, 0.1) is 41.1 Å². The molecule has 1 aromatic heterocycles. The molecule has 4 N–H and O–H groups in total. The standard InChI is InChI=1S/C32H28N4O7S2.C2HF3O2/c1-43-32(38)24-13-16-26-27(18-24)34-31(33-26)28(17-20-7-9-23(10-8-20)29-19-30(37)36-45(29,41)42)35-44(39,40)25-14-11-22(12-15-25)21-5-3-2-4-6-21;3-2(4,5)1(6)7/h2-16,18,28-29,35H,17,19H2,1H3,(H,33,34)(H,36,37);(H,6,7)/t28-,29?;/m0./s1. The second-order valence-electron chi connectivity index (χ2n) is 11.4. The van der Waals surface area contributed by atoms with Crippen molar-refractivity contribution < 1.29 is 54.2 Å². The molecule has 272 valence electrons. The van der Waals surface area contributed by atoms with Crippen LogP contribution in [0.15, 0.2) is 102 Å². The van der Waals surface area contributed by atoms with E-state index in [-0.39, 0.29) is 17.7 Å². The maximum Gasteiger partial charge on any atom is 0.490 e. The van der Waals surface area contributed by atoms with E-state index in [2.05, 4.69) is 14.7 Å². The molecule has 0 aliphatic carbocycles. The minimum atomic E-state index is -5.08. The van der Waals surface area contributed by atoms with Gasteiger partial charge in [0, 0.05) is 0 Å². The van der Waals surface area contributed by atoms with Gasteiger partial charge in [0.25, 0.3) is 0 Å².